The van der Waals surface area contributed by atoms with Crippen LogP contribution in [0.25, 0.3) is 0 Å². The highest BCUT2D eigenvalue weighted by atomic mass is 16.5. The fourth-order valence-electron chi connectivity index (χ4n) is 1.43. The Balaban J connectivity index is 2.21. The van der Waals surface area contributed by atoms with Gasteiger partial charge in [-0.05, 0) is 19.5 Å². The molecule has 1 aliphatic rings. The highest BCUT2D eigenvalue weighted by Crippen LogP contribution is 2.06. The summed E-state index contributed by atoms with van der Waals surface area (Å²) in [6, 6.07) is 0. The summed E-state index contributed by atoms with van der Waals surface area (Å²) in [6.45, 7) is 7.07. The third-order valence-corrected chi connectivity index (χ3v) is 2.16. The van der Waals surface area contributed by atoms with E-state index in [1.54, 1.807) is 0 Å². The second kappa shape index (κ2) is 4.70. The zero-order valence-electron chi connectivity index (χ0n) is 7.25. The number of ether oxygens (including phenoxy) is 1. The molecular weight excluding hydrogens is 140 g/mol. The Kier molecular flexibility index (Phi) is 3.83. The number of likely N-dealkylation sites (N-methyl/N-ethyl adjacent to an activating group) is 1. The lowest BCUT2D eigenvalue weighted by atomic mass is 10.2. The Morgan fingerprint density at radius 3 is 3.09 bits per heavy atom. The molecule has 0 bridgehead atoms. The molecule has 0 radical (unpaired) electrons. The highest BCUT2D eigenvalue weighted by molar-refractivity contribution is 4.70. The van der Waals surface area contributed by atoms with E-state index in [2.05, 4.69) is 11.8 Å². The summed E-state index contributed by atoms with van der Waals surface area (Å²) in [4.78, 5) is 2.41. The van der Waals surface area contributed by atoms with Crippen molar-refractivity contribution in [3.05, 3.63) is 0 Å². The van der Waals surface area contributed by atoms with Crippen molar-refractivity contribution < 1.29 is 4.74 Å². The van der Waals surface area contributed by atoms with Gasteiger partial charge in [0, 0.05) is 13.1 Å². The van der Waals surface area contributed by atoms with Crippen LogP contribution in [0.5, 0.6) is 0 Å². The van der Waals surface area contributed by atoms with Crippen LogP contribution >= 0.6 is 0 Å². The maximum Gasteiger partial charge on any atom is 0.0714 e. The number of hydrogen-bond acceptors (Lipinski definition) is 3. The predicted octanol–water partition coefficient (Wildman–Crippen LogP) is 0.0559. The van der Waals surface area contributed by atoms with E-state index in [9.17, 15) is 0 Å². The van der Waals surface area contributed by atoms with Crippen molar-refractivity contribution in [2.45, 2.75) is 19.4 Å². The maximum atomic E-state index is 5.53. The highest BCUT2D eigenvalue weighted by Gasteiger charge is 2.17. The van der Waals surface area contributed by atoms with Gasteiger partial charge in [0.1, 0.15) is 0 Å². The van der Waals surface area contributed by atoms with Crippen LogP contribution in [0.1, 0.15) is 13.3 Å². The average molecular weight is 158 g/mol. The van der Waals surface area contributed by atoms with E-state index in [1.807, 2.05) is 0 Å². The van der Waals surface area contributed by atoms with Gasteiger partial charge < -0.3 is 10.5 Å². The lowest BCUT2D eigenvalue weighted by Gasteiger charge is -2.31. The van der Waals surface area contributed by atoms with Crippen LogP contribution < -0.4 is 5.73 Å². The molecular formula is C8H18N2O. The first-order valence-electron chi connectivity index (χ1n) is 4.40. The number of morpholine rings is 1. The monoisotopic (exact) mass is 158 g/mol. The predicted molar refractivity (Wildman–Crippen MR) is 45.5 cm³/mol. The van der Waals surface area contributed by atoms with Crippen LogP contribution in [0.2, 0.25) is 0 Å². The van der Waals surface area contributed by atoms with Gasteiger partial charge in [-0.1, -0.05) is 6.92 Å². The zero-order chi connectivity index (χ0) is 8.10. The second-order valence-electron chi connectivity index (χ2n) is 2.96. The van der Waals surface area contributed by atoms with Crippen LogP contribution in [0.15, 0.2) is 0 Å². The zero-order valence-corrected chi connectivity index (χ0v) is 7.25. The van der Waals surface area contributed by atoms with Gasteiger partial charge in [0.2, 0.25) is 0 Å². The first-order chi connectivity index (χ1) is 5.36. The largest absolute Gasteiger partial charge is 0.376 e. The van der Waals surface area contributed by atoms with Gasteiger partial charge in [0.25, 0.3) is 0 Å². The minimum absolute atomic E-state index is 0.383. The van der Waals surface area contributed by atoms with E-state index in [1.165, 1.54) is 0 Å². The van der Waals surface area contributed by atoms with Gasteiger partial charge in [-0.3, -0.25) is 4.90 Å². The molecule has 1 saturated heterocycles. The van der Waals surface area contributed by atoms with Gasteiger partial charge in [0.15, 0.2) is 0 Å². The fourth-order valence-corrected chi connectivity index (χ4v) is 1.43. The van der Waals surface area contributed by atoms with Crippen molar-refractivity contribution in [3.63, 3.8) is 0 Å². The van der Waals surface area contributed by atoms with Crippen molar-refractivity contribution in [2.75, 3.05) is 32.8 Å². The first-order valence-corrected chi connectivity index (χ1v) is 4.40. The molecule has 0 aromatic rings. The summed E-state index contributed by atoms with van der Waals surface area (Å²) >= 11 is 0. The maximum absolute atomic E-state index is 5.53. The number of hydrogen-bond donors (Lipinski definition) is 1. The molecule has 1 atom stereocenters. The normalized spacial score (nSPS) is 27.3. The number of rotatable bonds is 3. The Labute approximate surface area is 68.5 Å². The first kappa shape index (κ1) is 8.97. The molecule has 1 fully saturated rings. The summed E-state index contributed by atoms with van der Waals surface area (Å²) in [5, 5.41) is 0. The molecule has 2 N–H and O–H groups in total. The van der Waals surface area contributed by atoms with Crippen molar-refractivity contribution >= 4 is 0 Å². The molecule has 1 aliphatic heterocycles. The summed E-state index contributed by atoms with van der Waals surface area (Å²) in [5.41, 5.74) is 5.45. The SMILES string of the molecule is CCN1CCOC(CCN)C1. The molecule has 1 unspecified atom stereocenters. The number of nitrogens with two attached hydrogens (primary N) is 1. The topological polar surface area (TPSA) is 38.5 Å². The molecule has 0 spiro atoms. The van der Waals surface area contributed by atoms with Gasteiger partial charge in [-0.2, -0.15) is 0 Å². The van der Waals surface area contributed by atoms with Crippen LogP contribution in [0.4, 0.5) is 0 Å². The van der Waals surface area contributed by atoms with Gasteiger partial charge in [-0.25, -0.2) is 0 Å². The molecule has 66 valence electrons. The molecule has 0 aliphatic carbocycles. The lowest BCUT2D eigenvalue weighted by Crippen LogP contribution is -2.42. The van der Waals surface area contributed by atoms with Crippen molar-refractivity contribution in [2.24, 2.45) is 5.73 Å². The van der Waals surface area contributed by atoms with Crippen LogP contribution in [-0.4, -0.2) is 43.8 Å². The minimum Gasteiger partial charge on any atom is -0.376 e. The standard InChI is InChI=1S/C8H18N2O/c1-2-10-5-6-11-8(7-10)3-4-9/h8H,2-7,9H2,1H3. The van der Waals surface area contributed by atoms with E-state index >= 15 is 0 Å². The molecule has 0 saturated carbocycles. The Hall–Kier alpha value is -0.120. The van der Waals surface area contributed by atoms with E-state index < -0.39 is 0 Å². The Morgan fingerprint density at radius 2 is 2.45 bits per heavy atom. The minimum atomic E-state index is 0.383. The van der Waals surface area contributed by atoms with E-state index in [4.69, 9.17) is 10.5 Å². The van der Waals surface area contributed by atoms with Crippen molar-refractivity contribution in [1.29, 1.82) is 0 Å². The molecule has 0 aromatic carbocycles. The third-order valence-electron chi connectivity index (χ3n) is 2.16. The van der Waals surface area contributed by atoms with Crippen LogP contribution in [0, 0.1) is 0 Å². The fraction of sp³-hybridized carbons (Fsp3) is 1.00. The molecule has 3 nitrogen and oxygen atoms in total. The van der Waals surface area contributed by atoms with Gasteiger partial charge >= 0.3 is 0 Å². The van der Waals surface area contributed by atoms with Gasteiger partial charge in [-0.15, -0.1) is 0 Å². The Bertz CT molecular complexity index is 106. The lowest BCUT2D eigenvalue weighted by molar-refractivity contribution is -0.0288. The molecule has 3 heteroatoms. The second-order valence-corrected chi connectivity index (χ2v) is 2.96. The molecule has 1 rings (SSSR count). The summed E-state index contributed by atoms with van der Waals surface area (Å²) in [6.07, 6.45) is 1.38. The molecule has 1 heterocycles. The molecule has 0 aromatic heterocycles. The van der Waals surface area contributed by atoms with Crippen molar-refractivity contribution in [1.82, 2.24) is 4.90 Å². The summed E-state index contributed by atoms with van der Waals surface area (Å²) in [5.74, 6) is 0. The van der Waals surface area contributed by atoms with Crippen molar-refractivity contribution in [3.8, 4) is 0 Å². The summed E-state index contributed by atoms with van der Waals surface area (Å²) < 4.78 is 5.53. The van der Waals surface area contributed by atoms with E-state index in [-0.39, 0.29) is 0 Å². The van der Waals surface area contributed by atoms with E-state index in [0.717, 1.165) is 39.2 Å². The van der Waals surface area contributed by atoms with Crippen LogP contribution in [0.3, 0.4) is 0 Å². The smallest absolute Gasteiger partial charge is 0.0714 e. The average Bonchev–Trinajstić information content (AvgIpc) is 2.06. The quantitative estimate of drug-likeness (QED) is 0.631. The number of nitrogens with zero attached hydrogens (tertiary/aromatic N) is 1. The van der Waals surface area contributed by atoms with Crippen LogP contribution in [-0.2, 0) is 4.74 Å². The summed E-state index contributed by atoms with van der Waals surface area (Å²) in [7, 11) is 0. The van der Waals surface area contributed by atoms with Gasteiger partial charge in [0.05, 0.1) is 12.7 Å². The Morgan fingerprint density at radius 1 is 1.64 bits per heavy atom. The molecule has 0 amide bonds. The third kappa shape index (κ3) is 2.77. The molecule has 11 heavy (non-hydrogen) atoms. The van der Waals surface area contributed by atoms with E-state index in [0.29, 0.717) is 6.10 Å².